The summed E-state index contributed by atoms with van der Waals surface area (Å²) in [4.78, 5) is 16.1. The molecule has 1 aliphatic carbocycles. The van der Waals surface area contributed by atoms with Gasteiger partial charge in [-0.2, -0.15) is 0 Å². The van der Waals surface area contributed by atoms with E-state index in [4.69, 9.17) is 4.74 Å². The van der Waals surface area contributed by atoms with Gasteiger partial charge in [0.05, 0.1) is 0 Å². The topological polar surface area (TPSA) is 46.5 Å². The van der Waals surface area contributed by atoms with Gasteiger partial charge in [-0.25, -0.2) is 0 Å². The van der Waals surface area contributed by atoms with E-state index in [-0.39, 0.29) is 6.10 Å². The SMILES string of the molecule is CC(O)C(=O)O[C@@H]1C[C@H](C)CC[C@H]1I(C)C. The minimum absolute atomic E-state index is 0.0612. The zero-order valence-electron chi connectivity index (χ0n) is 10.6. The Morgan fingerprint density at radius 2 is 2.06 bits per heavy atom. The number of rotatable bonds is 3. The third-order valence-electron chi connectivity index (χ3n) is 3.14. The van der Waals surface area contributed by atoms with Crippen molar-refractivity contribution in [2.45, 2.75) is 49.2 Å². The molecular formula is C12H23IO3. The molecule has 0 aromatic carbocycles. The quantitative estimate of drug-likeness (QED) is 0.486. The van der Waals surface area contributed by atoms with E-state index in [0.717, 1.165) is 6.42 Å². The third kappa shape index (κ3) is 3.87. The van der Waals surface area contributed by atoms with Gasteiger partial charge in [0.25, 0.3) is 0 Å². The Balaban J connectivity index is 2.61. The van der Waals surface area contributed by atoms with Crippen molar-refractivity contribution >= 4 is 25.8 Å². The predicted octanol–water partition coefficient (Wildman–Crippen LogP) is 2.23. The van der Waals surface area contributed by atoms with Crippen LogP contribution < -0.4 is 0 Å². The molecule has 0 spiro atoms. The van der Waals surface area contributed by atoms with E-state index in [1.807, 2.05) is 0 Å². The Labute approximate surface area is 105 Å². The molecule has 1 aliphatic rings. The number of alkyl halides is 3. The molecule has 0 aromatic rings. The normalized spacial score (nSPS) is 33.1. The van der Waals surface area contributed by atoms with Gasteiger partial charge >= 0.3 is 105 Å². The van der Waals surface area contributed by atoms with E-state index in [1.54, 1.807) is 0 Å². The van der Waals surface area contributed by atoms with Gasteiger partial charge in [-0.15, -0.1) is 0 Å². The van der Waals surface area contributed by atoms with Gasteiger partial charge in [0.2, 0.25) is 0 Å². The molecule has 0 heterocycles. The van der Waals surface area contributed by atoms with Crippen molar-refractivity contribution in [2.75, 3.05) is 9.86 Å². The molecule has 3 nitrogen and oxygen atoms in total. The Hall–Kier alpha value is 0.160. The van der Waals surface area contributed by atoms with Crippen LogP contribution in [0.1, 0.15) is 33.1 Å². The molecule has 0 amide bonds. The van der Waals surface area contributed by atoms with Crippen LogP contribution in [0.4, 0.5) is 0 Å². The molecule has 1 unspecified atom stereocenters. The maximum atomic E-state index is 11.4. The van der Waals surface area contributed by atoms with Crippen molar-refractivity contribution in [1.82, 2.24) is 0 Å². The summed E-state index contributed by atoms with van der Waals surface area (Å²) in [7, 11) is 0. The fourth-order valence-electron chi connectivity index (χ4n) is 2.16. The maximum absolute atomic E-state index is 11.4. The van der Waals surface area contributed by atoms with Crippen LogP contribution in [0.3, 0.4) is 0 Å². The summed E-state index contributed by atoms with van der Waals surface area (Å²) < 4.78 is 6.05. The summed E-state index contributed by atoms with van der Waals surface area (Å²) in [6.45, 7) is 3.68. The number of aliphatic hydroxyl groups is 1. The first kappa shape index (κ1) is 14.2. The van der Waals surface area contributed by atoms with Gasteiger partial charge in [-0.1, -0.05) is 0 Å². The zero-order chi connectivity index (χ0) is 12.3. The molecule has 4 atom stereocenters. The molecule has 0 aromatic heterocycles. The van der Waals surface area contributed by atoms with Crippen molar-refractivity contribution < 1.29 is 14.6 Å². The summed E-state index contributed by atoms with van der Waals surface area (Å²) >= 11 is -0.954. The summed E-state index contributed by atoms with van der Waals surface area (Å²) in [5.41, 5.74) is 0. The van der Waals surface area contributed by atoms with Crippen molar-refractivity contribution in [3.05, 3.63) is 0 Å². The number of carbonyl (C=O) groups is 1. The van der Waals surface area contributed by atoms with Crippen molar-refractivity contribution in [3.8, 4) is 0 Å². The first-order valence-electron chi connectivity index (χ1n) is 5.79. The van der Waals surface area contributed by atoms with Gasteiger partial charge in [0.15, 0.2) is 0 Å². The van der Waals surface area contributed by atoms with Crippen LogP contribution in [0, 0.1) is 5.92 Å². The average molecular weight is 342 g/mol. The van der Waals surface area contributed by atoms with E-state index < -0.39 is 31.9 Å². The number of ether oxygens (including phenoxy) is 1. The number of hydrogen-bond donors (Lipinski definition) is 1. The van der Waals surface area contributed by atoms with Gasteiger partial charge in [-0.3, -0.25) is 0 Å². The number of esters is 1. The van der Waals surface area contributed by atoms with Crippen LogP contribution in [-0.2, 0) is 9.53 Å². The number of aliphatic hydroxyl groups excluding tert-OH is 1. The predicted molar refractivity (Wildman–Crippen MR) is 74.2 cm³/mol. The van der Waals surface area contributed by atoms with Crippen molar-refractivity contribution in [3.63, 3.8) is 0 Å². The summed E-state index contributed by atoms with van der Waals surface area (Å²) in [5, 5.41) is 9.18. The van der Waals surface area contributed by atoms with E-state index in [1.165, 1.54) is 19.8 Å². The Morgan fingerprint density at radius 1 is 1.44 bits per heavy atom. The summed E-state index contributed by atoms with van der Waals surface area (Å²) in [6, 6.07) is 0. The number of hydrogen-bond acceptors (Lipinski definition) is 3. The second kappa shape index (κ2) is 6.19. The molecule has 0 bridgehead atoms. The molecule has 16 heavy (non-hydrogen) atoms. The van der Waals surface area contributed by atoms with E-state index in [2.05, 4.69) is 16.8 Å². The van der Waals surface area contributed by atoms with Crippen LogP contribution >= 0.6 is 19.8 Å². The molecule has 1 fully saturated rings. The Morgan fingerprint density at radius 3 is 2.56 bits per heavy atom. The standard InChI is InChI=1S/C12H23IO3/c1-8-5-6-10(13(3)4)11(7-8)16-12(15)9(2)14/h8-11,14H,5-7H2,1-4H3/t8-,9?,10-,11-/m1/s1. The average Bonchev–Trinajstić information content (AvgIpc) is 2.16. The molecule has 96 valence electrons. The van der Waals surface area contributed by atoms with E-state index >= 15 is 0 Å². The molecule has 4 heteroatoms. The van der Waals surface area contributed by atoms with Crippen LogP contribution in [0.25, 0.3) is 0 Å². The molecule has 0 aliphatic heterocycles. The van der Waals surface area contributed by atoms with Gasteiger partial charge < -0.3 is 0 Å². The second-order valence-corrected chi connectivity index (χ2v) is 11.1. The minimum atomic E-state index is -0.992. The fraction of sp³-hybridized carbons (Fsp3) is 0.917. The van der Waals surface area contributed by atoms with Gasteiger partial charge in [0.1, 0.15) is 0 Å². The van der Waals surface area contributed by atoms with E-state index in [9.17, 15) is 9.90 Å². The van der Waals surface area contributed by atoms with Crippen LogP contribution in [0.2, 0.25) is 0 Å². The second-order valence-electron chi connectivity index (χ2n) is 4.90. The molecule has 1 rings (SSSR count). The zero-order valence-corrected chi connectivity index (χ0v) is 12.7. The number of carbonyl (C=O) groups excluding carboxylic acids is 1. The first-order valence-corrected chi connectivity index (χ1v) is 11.3. The molecule has 1 saturated carbocycles. The number of halogens is 1. The third-order valence-corrected chi connectivity index (χ3v) is 7.77. The van der Waals surface area contributed by atoms with Gasteiger partial charge in [0, 0.05) is 0 Å². The molecule has 1 N–H and O–H groups in total. The van der Waals surface area contributed by atoms with Gasteiger partial charge in [-0.05, 0) is 0 Å². The van der Waals surface area contributed by atoms with Crippen molar-refractivity contribution in [1.29, 1.82) is 0 Å². The first-order chi connectivity index (χ1) is 7.41. The van der Waals surface area contributed by atoms with Crippen LogP contribution in [0.5, 0.6) is 0 Å². The fourth-order valence-corrected chi connectivity index (χ4v) is 5.81. The van der Waals surface area contributed by atoms with Crippen molar-refractivity contribution in [2.24, 2.45) is 5.92 Å². The molecule has 0 saturated heterocycles. The summed E-state index contributed by atoms with van der Waals surface area (Å²) in [6.07, 6.45) is 2.48. The Kier molecular flexibility index (Phi) is 5.50. The van der Waals surface area contributed by atoms with E-state index in [0.29, 0.717) is 9.84 Å². The van der Waals surface area contributed by atoms with Crippen LogP contribution in [0.15, 0.2) is 0 Å². The monoisotopic (exact) mass is 342 g/mol. The van der Waals surface area contributed by atoms with Crippen LogP contribution in [-0.4, -0.2) is 37.1 Å². The molecular weight excluding hydrogens is 319 g/mol. The summed E-state index contributed by atoms with van der Waals surface area (Å²) in [5.74, 6) is 0.181. The molecule has 0 radical (unpaired) electrons. The Bertz CT molecular complexity index is 240.